The fraction of sp³-hybridized carbons (Fsp3) is 0.956. The minimum atomic E-state index is 0.389. The maximum absolute atomic E-state index is 11.6. The Morgan fingerprint density at radius 3 is 0.612 bits per heavy atom. The fourth-order valence-electron chi connectivity index (χ4n) is 9.26. The van der Waals surface area contributed by atoms with Crippen LogP contribution in [-0.2, 0) is 57.1 Å². The van der Waals surface area contributed by atoms with Crippen molar-refractivity contribution in [2.24, 2.45) is 82.9 Å². The minimum absolute atomic E-state index is 0.389. The van der Waals surface area contributed by atoms with E-state index in [0.717, 1.165) is 243 Å². The molecule has 0 radical (unpaired) electrons. The van der Waals surface area contributed by atoms with Crippen molar-refractivity contribution >= 4 is 23.1 Å². The molecule has 0 aliphatic carbocycles. The summed E-state index contributed by atoms with van der Waals surface area (Å²) in [7, 11) is 0. The van der Waals surface area contributed by atoms with Crippen LogP contribution in [0, 0.1) is 82.9 Å². The average Bonchev–Trinajstić information content (AvgIpc) is 1.94. The Labute approximate surface area is 645 Å². The van der Waals surface area contributed by atoms with E-state index in [9.17, 15) is 19.2 Å². The molecule has 0 heterocycles. The van der Waals surface area contributed by atoms with Gasteiger partial charge in [-0.1, -0.05) is 194 Å². The van der Waals surface area contributed by atoms with Crippen LogP contribution in [0.2, 0.25) is 0 Å². The molecule has 0 rings (SSSR count). The highest BCUT2D eigenvalue weighted by atomic mass is 16.5. The van der Waals surface area contributed by atoms with Crippen molar-refractivity contribution in [3.8, 4) is 0 Å². The highest BCUT2D eigenvalue weighted by Crippen LogP contribution is 2.14. The molecule has 0 fully saturated rings. The van der Waals surface area contributed by atoms with Gasteiger partial charge in [-0.05, 0) is 218 Å². The summed E-state index contributed by atoms with van der Waals surface area (Å²) in [6, 6.07) is 0. The molecule has 0 aromatic heterocycles. The van der Waals surface area contributed by atoms with Crippen LogP contribution in [0.25, 0.3) is 0 Å². The molecule has 0 bridgehead atoms. The molecule has 0 saturated heterocycles. The molecule has 0 spiro atoms. The van der Waals surface area contributed by atoms with Gasteiger partial charge in [0.05, 0.1) is 26.4 Å². The third kappa shape index (κ3) is 136. The van der Waals surface area contributed by atoms with E-state index in [0.29, 0.717) is 110 Å². The second kappa shape index (κ2) is 89.3. The first-order valence-electron chi connectivity index (χ1n) is 43.1. The zero-order valence-corrected chi connectivity index (χ0v) is 74.8. The number of carbonyl (C=O) groups is 4. The number of Topliss-reactive ketones (excluding diaryl/α,β-unsaturated/α-hetero) is 4. The summed E-state index contributed by atoms with van der Waals surface area (Å²) < 4.78 is 44.0. The molecular weight excluding hydrogens is 1280 g/mol. The molecule has 0 aromatic rings. The molecule has 0 unspecified atom stereocenters. The van der Waals surface area contributed by atoms with Crippen molar-refractivity contribution in [1.82, 2.24) is 0 Å². The fourth-order valence-corrected chi connectivity index (χ4v) is 9.26. The molecule has 0 atom stereocenters. The van der Waals surface area contributed by atoms with Gasteiger partial charge >= 0.3 is 0 Å². The predicted molar refractivity (Wildman–Crippen MR) is 448 cm³/mol. The lowest BCUT2D eigenvalue weighted by molar-refractivity contribution is -0.120. The summed E-state index contributed by atoms with van der Waals surface area (Å²) in [6.45, 7) is 74.4. The maximum atomic E-state index is 11.6. The number of hydrogen-bond acceptors (Lipinski definition) is 12. The minimum Gasteiger partial charge on any atom is -0.381 e. The average molecular weight is 1470 g/mol. The largest absolute Gasteiger partial charge is 0.381 e. The Hall–Kier alpha value is -1.64. The molecule has 0 aromatic carbocycles. The van der Waals surface area contributed by atoms with Gasteiger partial charge in [-0.15, -0.1) is 0 Å². The molecule has 103 heavy (non-hydrogen) atoms. The van der Waals surface area contributed by atoms with Crippen LogP contribution < -0.4 is 0 Å². The Kier molecular flexibility index (Phi) is 99.4. The molecule has 0 saturated carbocycles. The first-order valence-corrected chi connectivity index (χ1v) is 43.1. The van der Waals surface area contributed by atoms with Gasteiger partial charge in [0, 0.05) is 131 Å². The van der Waals surface area contributed by atoms with E-state index in [4.69, 9.17) is 37.9 Å². The lowest BCUT2D eigenvalue weighted by Gasteiger charge is -2.08. The third-order valence-electron chi connectivity index (χ3n) is 16.2. The molecule has 12 nitrogen and oxygen atoms in total. The van der Waals surface area contributed by atoms with E-state index >= 15 is 0 Å². The Morgan fingerprint density at radius 1 is 0.165 bits per heavy atom. The van der Waals surface area contributed by atoms with Crippen molar-refractivity contribution in [3.63, 3.8) is 0 Å². The van der Waals surface area contributed by atoms with Crippen molar-refractivity contribution in [1.29, 1.82) is 0 Å². The topological polar surface area (TPSA) is 142 Å². The SMILES string of the molecule is CC(C)CC(C)C.CC(C)CCC(=O)CCC(C)C.CC(C)CCCOCCCCOCCCCC(=O)CCC(C)C.CC(C)CCCOCCOCCOCCCCC(=O)CCC(C)C.CC(C)CCOCC(C)C.CC(C)CCOCCC(C)C.CC(C)CCOCCCC(=O)CCC(C)C. The van der Waals surface area contributed by atoms with Crippen LogP contribution in [0.3, 0.4) is 0 Å². The van der Waals surface area contributed by atoms with E-state index in [2.05, 4.69) is 194 Å². The molecule has 0 N–H and O–H groups in total. The van der Waals surface area contributed by atoms with Gasteiger partial charge < -0.3 is 37.9 Å². The summed E-state index contributed by atoms with van der Waals surface area (Å²) in [5.41, 5.74) is 0. The number of hydrogen-bond donors (Lipinski definition) is 0. The van der Waals surface area contributed by atoms with Gasteiger partial charge in [0.2, 0.25) is 0 Å². The zero-order chi connectivity index (χ0) is 79.9. The van der Waals surface area contributed by atoms with Crippen LogP contribution >= 0.6 is 0 Å². The van der Waals surface area contributed by atoms with Gasteiger partial charge in [-0.3, -0.25) is 19.2 Å². The van der Waals surface area contributed by atoms with Crippen LogP contribution in [0.5, 0.6) is 0 Å². The van der Waals surface area contributed by atoms with Gasteiger partial charge in [-0.2, -0.15) is 0 Å². The van der Waals surface area contributed by atoms with Crippen molar-refractivity contribution < 1.29 is 57.1 Å². The van der Waals surface area contributed by atoms with Crippen LogP contribution in [-0.4, -0.2) is 129 Å². The Balaban J connectivity index is -0.000000216. The van der Waals surface area contributed by atoms with E-state index in [1.54, 1.807) is 0 Å². The van der Waals surface area contributed by atoms with E-state index in [1.165, 1.54) is 44.9 Å². The van der Waals surface area contributed by atoms with Gasteiger partial charge in [-0.25, -0.2) is 0 Å². The van der Waals surface area contributed by atoms with E-state index in [-0.39, 0.29) is 0 Å². The quantitative estimate of drug-likeness (QED) is 0.0535. The molecule has 0 amide bonds. The molecule has 0 aliphatic rings. The third-order valence-corrected chi connectivity index (χ3v) is 16.2. The van der Waals surface area contributed by atoms with E-state index < -0.39 is 0 Å². The van der Waals surface area contributed by atoms with Crippen LogP contribution in [0.4, 0.5) is 0 Å². The van der Waals surface area contributed by atoms with Gasteiger partial charge in [0.15, 0.2) is 0 Å². The van der Waals surface area contributed by atoms with Gasteiger partial charge in [0.25, 0.3) is 0 Å². The second-order valence-corrected chi connectivity index (χ2v) is 35.1. The standard InChI is InChI=1S/C20H40O4.C20H40O3.C14H28O2.C11H22O.C10H22O.C9H20O.C7H16/c1-18(2)8-7-13-23-15-17-24-16-14-22-12-6-5-9-20(21)11-10-19(3)4;1-18(2)10-9-17-23-16-8-7-15-22-14-6-5-11-20(21)13-12-19(3)4;1-12(2)7-8-14(15)6-5-10-16-11-9-13(3)4;1-9(2)5-7-11(12)8-6-10(3)4;1-9(2)5-7-11-8-6-10(3)4;1-8(2)5-6-10-7-9(3)4;1-6(2)5-7(3)4/h18-19H,5-17H2,1-4H3;18-19H,5-17H2,1-4H3;12-13H,5-11H2,1-4H3;9-10H,5-8H2,1-4H3;9-10H,5-8H2,1-4H3;8-9H,5-7H2,1-4H3;6-7H,5H2,1-4H3. The lowest BCUT2D eigenvalue weighted by atomic mass is 10.0. The van der Waals surface area contributed by atoms with Gasteiger partial charge in [0.1, 0.15) is 23.1 Å². The number of ketones is 4. The molecular formula is C91H188O12. The number of unbranched alkanes of at least 4 members (excludes halogenated alkanes) is 3. The monoisotopic (exact) mass is 1470 g/mol. The Bertz CT molecular complexity index is 1610. The highest BCUT2D eigenvalue weighted by molar-refractivity contribution is 5.79. The summed E-state index contributed by atoms with van der Waals surface area (Å²) in [4.78, 5) is 45.9. The van der Waals surface area contributed by atoms with Crippen LogP contribution in [0.1, 0.15) is 380 Å². The van der Waals surface area contributed by atoms with Crippen molar-refractivity contribution in [2.75, 3.05) is 106 Å². The van der Waals surface area contributed by atoms with Crippen LogP contribution in [0.15, 0.2) is 0 Å². The number of rotatable bonds is 64. The van der Waals surface area contributed by atoms with Crippen molar-refractivity contribution in [2.45, 2.75) is 380 Å². The summed E-state index contributed by atoms with van der Waals surface area (Å²) in [5, 5.41) is 0. The molecule has 624 valence electrons. The van der Waals surface area contributed by atoms with Crippen molar-refractivity contribution in [3.05, 3.63) is 0 Å². The first kappa shape index (κ1) is 115. The Morgan fingerprint density at radius 2 is 0.359 bits per heavy atom. The molecule has 12 heteroatoms. The summed E-state index contributed by atoms with van der Waals surface area (Å²) >= 11 is 0. The summed E-state index contributed by atoms with van der Waals surface area (Å²) in [5.74, 6) is 11.8. The number of ether oxygens (including phenoxy) is 8. The maximum Gasteiger partial charge on any atom is 0.133 e. The lowest BCUT2D eigenvalue weighted by Crippen LogP contribution is -2.10. The highest BCUT2D eigenvalue weighted by Gasteiger charge is 2.09. The first-order chi connectivity index (χ1) is 48.5. The second-order valence-electron chi connectivity index (χ2n) is 35.1. The smallest absolute Gasteiger partial charge is 0.133 e. The summed E-state index contributed by atoms with van der Waals surface area (Å²) in [6.07, 6.45) is 28.7. The molecule has 0 aliphatic heterocycles. The van der Waals surface area contributed by atoms with E-state index in [1.807, 2.05) is 0 Å². The number of carbonyl (C=O) groups excluding carboxylic acids is 4. The zero-order valence-electron chi connectivity index (χ0n) is 74.8. The predicted octanol–water partition coefficient (Wildman–Crippen LogP) is 25.8. The normalized spacial score (nSPS) is 11.4.